The van der Waals surface area contributed by atoms with Gasteiger partial charge in [-0.2, -0.15) is 14.0 Å². The minimum atomic E-state index is -4.69. The molecule has 5 rings (SSSR count). The number of allylic oxidation sites excluding steroid dienone is 2. The molecule has 0 spiro atoms. The summed E-state index contributed by atoms with van der Waals surface area (Å²) in [7, 11) is 0. The lowest BCUT2D eigenvalue weighted by Gasteiger charge is -2.37. The molecule has 3 aromatic rings. The molecular formula is C35H32F7NO. The third-order valence-electron chi connectivity index (χ3n) is 9.20. The van der Waals surface area contributed by atoms with Gasteiger partial charge in [0.25, 0.3) is 0 Å². The number of ether oxygens (including phenoxy) is 1. The van der Waals surface area contributed by atoms with Gasteiger partial charge in [0.15, 0.2) is 0 Å². The first-order valence-corrected chi connectivity index (χ1v) is 14.9. The van der Waals surface area contributed by atoms with Crippen molar-refractivity contribution < 1.29 is 35.5 Å². The topological polar surface area (TPSA) is 33.0 Å². The van der Waals surface area contributed by atoms with Crippen molar-refractivity contribution in [3.05, 3.63) is 100 Å². The van der Waals surface area contributed by atoms with Gasteiger partial charge < -0.3 is 4.74 Å². The lowest BCUT2D eigenvalue weighted by atomic mass is 9.68. The van der Waals surface area contributed by atoms with Crippen LogP contribution >= 0.6 is 0 Å². The van der Waals surface area contributed by atoms with Gasteiger partial charge in [0.05, 0.1) is 0 Å². The lowest BCUT2D eigenvalue weighted by Crippen LogP contribution is -2.25. The second-order valence-corrected chi connectivity index (χ2v) is 11.9. The van der Waals surface area contributed by atoms with E-state index in [2.05, 4.69) is 23.8 Å². The fraction of sp³-hybridized carbons (Fsp3) is 0.400. The van der Waals surface area contributed by atoms with Gasteiger partial charge in [0.1, 0.15) is 52.0 Å². The Morgan fingerprint density at radius 1 is 0.750 bits per heavy atom. The summed E-state index contributed by atoms with van der Waals surface area (Å²) in [5.41, 5.74) is -2.50. The molecule has 2 fully saturated rings. The van der Waals surface area contributed by atoms with E-state index < -0.39 is 52.1 Å². The minimum Gasteiger partial charge on any atom is -0.429 e. The number of rotatable bonds is 7. The van der Waals surface area contributed by atoms with Gasteiger partial charge >= 0.3 is 6.11 Å². The quantitative estimate of drug-likeness (QED) is 0.196. The maximum Gasteiger partial charge on any atom is 0.432 e. The predicted molar refractivity (Wildman–Crippen MR) is 152 cm³/mol. The zero-order chi connectivity index (χ0) is 31.6. The Morgan fingerprint density at radius 3 is 1.84 bits per heavy atom. The van der Waals surface area contributed by atoms with Crippen molar-refractivity contribution in [3.8, 4) is 22.9 Å². The third kappa shape index (κ3) is 6.64. The smallest absolute Gasteiger partial charge is 0.429 e. The second kappa shape index (κ2) is 13.1. The van der Waals surface area contributed by atoms with Crippen LogP contribution in [0, 0.1) is 58.2 Å². The second-order valence-electron chi connectivity index (χ2n) is 11.9. The van der Waals surface area contributed by atoms with E-state index in [1.165, 1.54) is 43.9 Å². The van der Waals surface area contributed by atoms with Crippen molar-refractivity contribution in [2.24, 2.45) is 17.8 Å². The van der Waals surface area contributed by atoms with E-state index in [-0.39, 0.29) is 17.0 Å². The van der Waals surface area contributed by atoms with Crippen LogP contribution < -0.4 is 4.74 Å². The molecule has 2 aliphatic carbocycles. The van der Waals surface area contributed by atoms with E-state index in [1.54, 1.807) is 6.07 Å². The van der Waals surface area contributed by atoms with E-state index in [1.807, 2.05) is 0 Å². The summed E-state index contributed by atoms with van der Waals surface area (Å²) in [6, 6.07) is 7.40. The van der Waals surface area contributed by atoms with E-state index in [4.69, 9.17) is 5.26 Å². The average molecular weight is 616 g/mol. The van der Waals surface area contributed by atoms with Gasteiger partial charge in [0, 0.05) is 17.7 Å². The number of halogens is 7. The molecule has 2 nitrogen and oxygen atoms in total. The molecule has 0 bridgehead atoms. The molecule has 3 aromatic carbocycles. The lowest BCUT2D eigenvalue weighted by molar-refractivity contribution is -0.189. The van der Waals surface area contributed by atoms with Gasteiger partial charge in [-0.15, -0.1) is 0 Å². The summed E-state index contributed by atoms with van der Waals surface area (Å²) in [4.78, 5) is 0. The summed E-state index contributed by atoms with van der Waals surface area (Å²) < 4.78 is 107. The first kappa shape index (κ1) is 31.6. The van der Waals surface area contributed by atoms with E-state index in [0.717, 1.165) is 37.2 Å². The summed E-state index contributed by atoms with van der Waals surface area (Å²) in [5, 5.41) is 8.72. The largest absolute Gasteiger partial charge is 0.432 e. The Balaban J connectivity index is 1.27. The Kier molecular flexibility index (Phi) is 9.38. The highest BCUT2D eigenvalue weighted by atomic mass is 19.3. The molecule has 0 N–H and O–H groups in total. The van der Waals surface area contributed by atoms with Crippen LogP contribution in [0.1, 0.15) is 80.9 Å². The third-order valence-corrected chi connectivity index (χ3v) is 9.20. The molecule has 0 radical (unpaired) electrons. The highest BCUT2D eigenvalue weighted by Crippen LogP contribution is 2.45. The molecule has 0 amide bonds. The SMILES string of the molecule is C/C=C/C1CCC(C2CCC(c3ccc(-c4cc(F)c(C(F)(F)Oc5cc(F)c(C#N)c(F)c5)c(F)c4)c(F)c3)CC2)CC1. The zero-order valence-corrected chi connectivity index (χ0v) is 24.2. The van der Waals surface area contributed by atoms with Crippen LogP contribution in [0.3, 0.4) is 0 Å². The highest BCUT2D eigenvalue weighted by molar-refractivity contribution is 5.65. The molecule has 0 saturated heterocycles. The zero-order valence-electron chi connectivity index (χ0n) is 24.2. The van der Waals surface area contributed by atoms with E-state index in [9.17, 15) is 26.3 Å². The number of nitrogens with zero attached hydrogens (tertiary/aromatic N) is 1. The maximum absolute atomic E-state index is 15.3. The van der Waals surface area contributed by atoms with Crippen LogP contribution in [-0.4, -0.2) is 0 Å². The fourth-order valence-corrected chi connectivity index (χ4v) is 6.95. The van der Waals surface area contributed by atoms with E-state index in [0.29, 0.717) is 36.1 Å². The Morgan fingerprint density at radius 2 is 1.32 bits per heavy atom. The molecule has 0 unspecified atom stereocenters. The van der Waals surface area contributed by atoms with Gasteiger partial charge in [-0.1, -0.05) is 24.3 Å². The number of alkyl halides is 2. The minimum absolute atomic E-state index is 0.162. The monoisotopic (exact) mass is 615 g/mol. The number of hydrogen-bond donors (Lipinski definition) is 0. The first-order chi connectivity index (χ1) is 21.0. The molecule has 0 aliphatic heterocycles. The van der Waals surface area contributed by atoms with Crippen molar-refractivity contribution in [1.82, 2.24) is 0 Å². The van der Waals surface area contributed by atoms with Crippen LogP contribution in [0.15, 0.2) is 54.6 Å². The number of benzene rings is 3. The van der Waals surface area contributed by atoms with Crippen molar-refractivity contribution in [1.29, 1.82) is 5.26 Å². The fourth-order valence-electron chi connectivity index (χ4n) is 6.95. The average Bonchev–Trinajstić information content (AvgIpc) is 2.97. The molecule has 0 atom stereocenters. The van der Waals surface area contributed by atoms with E-state index >= 15 is 4.39 Å². The van der Waals surface area contributed by atoms with Gasteiger partial charge in [-0.3, -0.25) is 0 Å². The molecule has 2 saturated carbocycles. The Hall–Kier alpha value is -3.80. The maximum atomic E-state index is 15.3. The molecule has 9 heteroatoms. The van der Waals surface area contributed by atoms with Gasteiger partial charge in [-0.05, 0) is 111 Å². The van der Waals surface area contributed by atoms with Crippen molar-refractivity contribution in [2.75, 3.05) is 0 Å². The molecule has 0 heterocycles. The van der Waals surface area contributed by atoms with Crippen LogP contribution in [0.25, 0.3) is 11.1 Å². The Bertz CT molecular complexity index is 1530. The van der Waals surface area contributed by atoms with Gasteiger partial charge in [0.2, 0.25) is 0 Å². The Labute approximate surface area is 252 Å². The van der Waals surface area contributed by atoms with Crippen LogP contribution in [0.2, 0.25) is 0 Å². The van der Waals surface area contributed by atoms with Crippen molar-refractivity contribution in [2.45, 2.75) is 70.3 Å². The van der Waals surface area contributed by atoms with Crippen LogP contribution in [0.4, 0.5) is 30.7 Å². The molecule has 232 valence electrons. The summed E-state index contributed by atoms with van der Waals surface area (Å²) in [5.74, 6) is -6.00. The summed E-state index contributed by atoms with van der Waals surface area (Å²) in [6.45, 7) is 2.06. The summed E-state index contributed by atoms with van der Waals surface area (Å²) >= 11 is 0. The predicted octanol–water partition coefficient (Wildman–Crippen LogP) is 10.7. The highest BCUT2D eigenvalue weighted by Gasteiger charge is 2.42. The van der Waals surface area contributed by atoms with Crippen molar-refractivity contribution in [3.63, 3.8) is 0 Å². The number of nitriles is 1. The molecular weight excluding hydrogens is 583 g/mol. The molecule has 44 heavy (non-hydrogen) atoms. The van der Waals surface area contributed by atoms with Crippen LogP contribution in [-0.2, 0) is 6.11 Å². The van der Waals surface area contributed by atoms with Gasteiger partial charge in [-0.25, -0.2) is 22.0 Å². The first-order valence-electron chi connectivity index (χ1n) is 14.9. The standard InChI is InChI=1S/C35H32F7NO/c1-2-3-20-4-6-21(7-5-20)22-8-10-23(11-9-22)24-12-13-27(29(36)14-24)25-15-32(39)34(33(40)16-25)35(41,42)44-26-17-30(37)28(19-43)31(38)18-26/h2-3,12-18,20-23H,4-11H2,1H3/b3-2+. The van der Waals surface area contributed by atoms with Crippen LogP contribution in [0.5, 0.6) is 5.75 Å². The van der Waals surface area contributed by atoms with Crippen molar-refractivity contribution >= 4 is 0 Å². The normalized spacial score (nSPS) is 22.6. The molecule has 2 aliphatic rings. The molecule has 0 aromatic heterocycles. The summed E-state index contributed by atoms with van der Waals surface area (Å²) in [6.07, 6.45) is 8.68. The number of hydrogen-bond acceptors (Lipinski definition) is 2.